The molecule has 0 spiro atoms. The normalized spacial score (nSPS) is 11.9. The van der Waals surface area contributed by atoms with Crippen LogP contribution in [0.2, 0.25) is 0 Å². The fraction of sp³-hybridized carbons (Fsp3) is 0.0667. The van der Waals surface area contributed by atoms with Gasteiger partial charge in [0.05, 0.1) is 11.3 Å². The van der Waals surface area contributed by atoms with Crippen LogP contribution >= 0.6 is 15.9 Å². The van der Waals surface area contributed by atoms with Gasteiger partial charge in [-0.2, -0.15) is 0 Å². The standard InChI is InChI=1S/C15H11BrFNO2S/c16-12-8-14(17)13-6-7-18(15(13)9-12)21(19,20)10-11-4-2-1-3-5-11/h1-9H,10H2. The highest BCUT2D eigenvalue weighted by Crippen LogP contribution is 2.26. The SMILES string of the molecule is O=S(=O)(Cc1ccccc1)n1ccc2c(F)cc(Br)cc21. The van der Waals surface area contributed by atoms with Crippen molar-refractivity contribution < 1.29 is 12.8 Å². The van der Waals surface area contributed by atoms with E-state index >= 15 is 0 Å². The van der Waals surface area contributed by atoms with Gasteiger partial charge >= 0.3 is 0 Å². The lowest BCUT2D eigenvalue weighted by atomic mass is 10.2. The van der Waals surface area contributed by atoms with Crippen molar-refractivity contribution in [2.45, 2.75) is 5.75 Å². The zero-order valence-corrected chi connectivity index (χ0v) is 13.2. The van der Waals surface area contributed by atoms with Gasteiger partial charge in [0.2, 0.25) is 10.0 Å². The first kappa shape index (κ1) is 14.3. The molecular weight excluding hydrogens is 357 g/mol. The summed E-state index contributed by atoms with van der Waals surface area (Å²) in [5, 5.41) is 0.287. The fourth-order valence-electron chi connectivity index (χ4n) is 2.24. The van der Waals surface area contributed by atoms with Crippen LogP contribution in [0.1, 0.15) is 5.56 Å². The summed E-state index contributed by atoms with van der Waals surface area (Å²) in [5.41, 5.74) is 1.02. The Morgan fingerprint density at radius 3 is 2.52 bits per heavy atom. The molecule has 2 aromatic carbocycles. The largest absolute Gasteiger partial charge is 0.245 e. The molecule has 21 heavy (non-hydrogen) atoms. The Morgan fingerprint density at radius 2 is 1.81 bits per heavy atom. The van der Waals surface area contributed by atoms with Crippen LogP contribution in [-0.2, 0) is 15.8 Å². The minimum Gasteiger partial charge on any atom is -0.245 e. The third kappa shape index (κ3) is 2.73. The van der Waals surface area contributed by atoms with Crippen molar-refractivity contribution in [3.05, 3.63) is 70.6 Å². The second-order valence-corrected chi connectivity index (χ2v) is 7.44. The van der Waals surface area contributed by atoms with Crippen LogP contribution in [0.4, 0.5) is 4.39 Å². The van der Waals surface area contributed by atoms with E-state index in [4.69, 9.17) is 0 Å². The zero-order valence-electron chi connectivity index (χ0n) is 10.8. The first-order valence-electron chi connectivity index (χ1n) is 6.21. The quantitative estimate of drug-likeness (QED) is 0.703. The summed E-state index contributed by atoms with van der Waals surface area (Å²) < 4.78 is 40.5. The molecule has 0 unspecified atom stereocenters. The van der Waals surface area contributed by atoms with Gasteiger partial charge in [-0.1, -0.05) is 46.3 Å². The molecule has 0 atom stereocenters. The summed E-state index contributed by atoms with van der Waals surface area (Å²) in [5.74, 6) is -0.584. The summed E-state index contributed by atoms with van der Waals surface area (Å²) in [6, 6.07) is 13.3. The molecular formula is C15H11BrFNO2S. The number of rotatable bonds is 3. The number of hydrogen-bond donors (Lipinski definition) is 0. The summed E-state index contributed by atoms with van der Waals surface area (Å²) in [6.45, 7) is 0. The van der Waals surface area contributed by atoms with Gasteiger partial charge in [0.15, 0.2) is 0 Å². The Hall–Kier alpha value is -1.66. The van der Waals surface area contributed by atoms with E-state index in [1.165, 1.54) is 18.3 Å². The number of fused-ring (bicyclic) bond motifs is 1. The molecule has 0 aliphatic carbocycles. The van der Waals surface area contributed by atoms with Crippen LogP contribution < -0.4 is 0 Å². The van der Waals surface area contributed by atoms with E-state index < -0.39 is 15.8 Å². The predicted molar refractivity (Wildman–Crippen MR) is 84.1 cm³/mol. The molecule has 0 fully saturated rings. The maximum Gasteiger partial charge on any atom is 0.243 e. The van der Waals surface area contributed by atoms with Gasteiger partial charge < -0.3 is 0 Å². The molecule has 0 N–H and O–H groups in total. The average Bonchev–Trinajstić information content (AvgIpc) is 2.84. The predicted octanol–water partition coefficient (Wildman–Crippen LogP) is 3.92. The molecule has 0 radical (unpaired) electrons. The van der Waals surface area contributed by atoms with Gasteiger partial charge in [-0.3, -0.25) is 0 Å². The van der Waals surface area contributed by atoms with E-state index in [1.807, 2.05) is 6.07 Å². The maximum atomic E-state index is 13.8. The lowest BCUT2D eigenvalue weighted by Gasteiger charge is -2.08. The van der Waals surface area contributed by atoms with Crippen LogP contribution in [0.5, 0.6) is 0 Å². The topological polar surface area (TPSA) is 39.1 Å². The average molecular weight is 368 g/mol. The monoisotopic (exact) mass is 367 g/mol. The van der Waals surface area contributed by atoms with Crippen molar-refractivity contribution in [3.8, 4) is 0 Å². The van der Waals surface area contributed by atoms with Gasteiger partial charge in [0.1, 0.15) is 5.82 Å². The van der Waals surface area contributed by atoms with Crippen molar-refractivity contribution in [3.63, 3.8) is 0 Å². The van der Waals surface area contributed by atoms with E-state index in [1.54, 1.807) is 30.3 Å². The van der Waals surface area contributed by atoms with E-state index in [-0.39, 0.29) is 11.1 Å². The lowest BCUT2D eigenvalue weighted by Crippen LogP contribution is -2.14. The summed E-state index contributed by atoms with van der Waals surface area (Å²) in [4.78, 5) is 0. The molecule has 0 saturated carbocycles. The molecule has 6 heteroatoms. The number of halogens is 2. The summed E-state index contributed by atoms with van der Waals surface area (Å²) in [6.07, 6.45) is 1.39. The third-order valence-electron chi connectivity index (χ3n) is 3.18. The Morgan fingerprint density at radius 1 is 1.10 bits per heavy atom. The van der Waals surface area contributed by atoms with Gasteiger partial charge in [-0.05, 0) is 23.8 Å². The van der Waals surface area contributed by atoms with Crippen molar-refractivity contribution in [1.82, 2.24) is 3.97 Å². The molecule has 0 amide bonds. The zero-order chi connectivity index (χ0) is 15.0. The van der Waals surface area contributed by atoms with E-state index in [0.717, 1.165) is 3.97 Å². The molecule has 1 heterocycles. The van der Waals surface area contributed by atoms with Crippen molar-refractivity contribution in [2.24, 2.45) is 0 Å². The highest BCUT2D eigenvalue weighted by molar-refractivity contribution is 9.10. The maximum absolute atomic E-state index is 13.8. The molecule has 0 aliphatic heterocycles. The minimum absolute atomic E-state index is 0.133. The molecule has 1 aromatic heterocycles. The van der Waals surface area contributed by atoms with Crippen molar-refractivity contribution in [1.29, 1.82) is 0 Å². The van der Waals surface area contributed by atoms with E-state index in [0.29, 0.717) is 15.6 Å². The number of benzene rings is 2. The summed E-state index contributed by atoms with van der Waals surface area (Å²) in [7, 11) is -3.60. The van der Waals surface area contributed by atoms with Crippen LogP contribution in [0, 0.1) is 5.82 Å². The second-order valence-electron chi connectivity index (χ2n) is 4.67. The highest BCUT2D eigenvalue weighted by atomic mass is 79.9. The minimum atomic E-state index is -3.60. The molecule has 108 valence electrons. The number of nitrogens with zero attached hydrogens (tertiary/aromatic N) is 1. The molecule has 3 nitrogen and oxygen atoms in total. The van der Waals surface area contributed by atoms with Crippen LogP contribution in [0.25, 0.3) is 10.9 Å². The number of hydrogen-bond acceptors (Lipinski definition) is 2. The fourth-order valence-corrected chi connectivity index (χ4v) is 4.11. The smallest absolute Gasteiger partial charge is 0.243 e. The lowest BCUT2D eigenvalue weighted by molar-refractivity contribution is 0.588. The Kier molecular flexibility index (Phi) is 3.59. The highest BCUT2D eigenvalue weighted by Gasteiger charge is 2.18. The van der Waals surface area contributed by atoms with Gasteiger partial charge in [-0.15, -0.1) is 0 Å². The van der Waals surface area contributed by atoms with E-state index in [2.05, 4.69) is 15.9 Å². The van der Waals surface area contributed by atoms with Crippen molar-refractivity contribution in [2.75, 3.05) is 0 Å². The van der Waals surface area contributed by atoms with E-state index in [9.17, 15) is 12.8 Å². The van der Waals surface area contributed by atoms with Crippen molar-refractivity contribution >= 4 is 36.9 Å². The molecule has 0 bridgehead atoms. The van der Waals surface area contributed by atoms with Crippen LogP contribution in [0.15, 0.2) is 59.2 Å². The Bertz CT molecular complexity index is 904. The Balaban J connectivity index is 2.11. The molecule has 0 saturated heterocycles. The van der Waals surface area contributed by atoms with Crippen LogP contribution in [0.3, 0.4) is 0 Å². The summed E-state index contributed by atoms with van der Waals surface area (Å²) >= 11 is 3.19. The second kappa shape index (κ2) is 5.27. The van der Waals surface area contributed by atoms with Gasteiger partial charge in [0.25, 0.3) is 0 Å². The van der Waals surface area contributed by atoms with Crippen LogP contribution in [-0.4, -0.2) is 12.4 Å². The molecule has 0 aliphatic rings. The Labute approximate surface area is 130 Å². The number of aromatic nitrogens is 1. The third-order valence-corrected chi connectivity index (χ3v) is 5.25. The van der Waals surface area contributed by atoms with Gasteiger partial charge in [0, 0.05) is 16.1 Å². The first-order chi connectivity index (χ1) is 9.97. The molecule has 3 aromatic rings. The van der Waals surface area contributed by atoms with Gasteiger partial charge in [-0.25, -0.2) is 16.8 Å². The first-order valence-corrected chi connectivity index (χ1v) is 8.61. The molecule has 3 rings (SSSR count).